The minimum Gasteiger partial charge on any atom is -0.507 e. The van der Waals surface area contributed by atoms with Crippen LogP contribution in [0.1, 0.15) is 16.1 Å². The van der Waals surface area contributed by atoms with Crippen molar-refractivity contribution in [2.75, 3.05) is 0 Å². The summed E-state index contributed by atoms with van der Waals surface area (Å²) < 4.78 is 4.85. The van der Waals surface area contributed by atoms with E-state index in [1.54, 1.807) is 12.1 Å². The number of hydrogen-bond donors (Lipinski definition) is 1. The van der Waals surface area contributed by atoms with Gasteiger partial charge >= 0.3 is 5.63 Å². The zero-order valence-electron chi connectivity index (χ0n) is 7.98. The highest BCUT2D eigenvalue weighted by Gasteiger charge is 2.12. The number of carbonyl (C=O) groups excluding carboxylic acids is 1. The Morgan fingerprint density at radius 1 is 1.40 bits per heavy atom. The van der Waals surface area contributed by atoms with Crippen molar-refractivity contribution in [3.63, 3.8) is 0 Å². The van der Waals surface area contributed by atoms with E-state index in [4.69, 9.17) is 4.42 Å². The summed E-state index contributed by atoms with van der Waals surface area (Å²) >= 11 is 0. The molecule has 0 spiro atoms. The Labute approximate surface area is 84.8 Å². The van der Waals surface area contributed by atoms with Gasteiger partial charge in [-0.1, -0.05) is 12.1 Å². The standard InChI is InChI=1S/C11H8O4/c1-6-8(5-12)7-3-2-4-9(13)10(7)11(14)15-6/h2-5,13H,1H3. The highest BCUT2D eigenvalue weighted by molar-refractivity contribution is 6.00. The van der Waals surface area contributed by atoms with Crippen LogP contribution in [0.4, 0.5) is 0 Å². The summed E-state index contributed by atoms with van der Waals surface area (Å²) in [5.74, 6) is 0.0810. The van der Waals surface area contributed by atoms with E-state index in [1.807, 2.05) is 0 Å². The Morgan fingerprint density at radius 2 is 2.13 bits per heavy atom. The number of aryl methyl sites for hydroxylation is 1. The van der Waals surface area contributed by atoms with Gasteiger partial charge in [0.05, 0.1) is 5.56 Å². The number of phenols is 1. The lowest BCUT2D eigenvalue weighted by molar-refractivity contribution is 0.112. The SMILES string of the molecule is Cc1oc(=O)c2c(O)cccc2c1C=O. The molecule has 0 bridgehead atoms. The lowest BCUT2D eigenvalue weighted by atomic mass is 10.1. The molecular weight excluding hydrogens is 196 g/mol. The van der Waals surface area contributed by atoms with E-state index < -0.39 is 5.63 Å². The number of aromatic hydroxyl groups is 1. The van der Waals surface area contributed by atoms with Crippen molar-refractivity contribution in [1.82, 2.24) is 0 Å². The topological polar surface area (TPSA) is 67.5 Å². The first kappa shape index (κ1) is 9.45. The van der Waals surface area contributed by atoms with Gasteiger partial charge in [0.25, 0.3) is 0 Å². The van der Waals surface area contributed by atoms with E-state index in [2.05, 4.69) is 0 Å². The minimum absolute atomic E-state index is 0.0465. The van der Waals surface area contributed by atoms with Gasteiger partial charge in [-0.05, 0) is 13.0 Å². The van der Waals surface area contributed by atoms with Crippen molar-refractivity contribution in [2.45, 2.75) is 6.92 Å². The van der Waals surface area contributed by atoms with Crippen LogP contribution in [0.25, 0.3) is 10.8 Å². The van der Waals surface area contributed by atoms with Crippen LogP contribution < -0.4 is 5.63 Å². The molecule has 0 unspecified atom stereocenters. The maximum absolute atomic E-state index is 11.4. The summed E-state index contributed by atoms with van der Waals surface area (Å²) in [6, 6.07) is 4.55. The Hall–Kier alpha value is -2.10. The van der Waals surface area contributed by atoms with Crippen LogP contribution in [0.5, 0.6) is 5.75 Å². The molecule has 1 aromatic carbocycles. The van der Waals surface area contributed by atoms with Gasteiger partial charge in [0, 0.05) is 5.39 Å². The van der Waals surface area contributed by atoms with Crippen molar-refractivity contribution < 1.29 is 14.3 Å². The first-order valence-electron chi connectivity index (χ1n) is 4.35. The second kappa shape index (κ2) is 3.24. The monoisotopic (exact) mass is 204 g/mol. The Balaban J connectivity index is 3.10. The molecule has 0 aliphatic carbocycles. The van der Waals surface area contributed by atoms with Crippen molar-refractivity contribution in [3.8, 4) is 5.75 Å². The van der Waals surface area contributed by atoms with Crippen LogP contribution in [-0.2, 0) is 0 Å². The molecule has 0 aliphatic heterocycles. The smallest absolute Gasteiger partial charge is 0.347 e. The molecule has 1 heterocycles. The second-order valence-corrected chi connectivity index (χ2v) is 3.18. The summed E-state index contributed by atoms with van der Waals surface area (Å²) in [6.07, 6.45) is 0.611. The summed E-state index contributed by atoms with van der Waals surface area (Å²) in [4.78, 5) is 22.3. The lowest BCUT2D eigenvalue weighted by Gasteiger charge is -2.03. The van der Waals surface area contributed by atoms with Crippen LogP contribution in [0, 0.1) is 6.92 Å². The van der Waals surface area contributed by atoms with E-state index in [-0.39, 0.29) is 16.9 Å². The number of rotatable bonds is 1. The van der Waals surface area contributed by atoms with Gasteiger partial charge in [-0.25, -0.2) is 4.79 Å². The predicted octanol–water partition coefficient (Wildman–Crippen LogP) is 1.62. The molecule has 2 rings (SSSR count). The van der Waals surface area contributed by atoms with Crippen molar-refractivity contribution in [1.29, 1.82) is 0 Å². The van der Waals surface area contributed by atoms with E-state index >= 15 is 0 Å². The maximum atomic E-state index is 11.4. The summed E-state index contributed by atoms with van der Waals surface area (Å²) in [7, 11) is 0. The first-order chi connectivity index (χ1) is 7.15. The minimum atomic E-state index is -0.633. The number of fused-ring (bicyclic) bond motifs is 1. The second-order valence-electron chi connectivity index (χ2n) is 3.18. The summed E-state index contributed by atoms with van der Waals surface area (Å²) in [6.45, 7) is 1.54. The van der Waals surface area contributed by atoms with Crippen LogP contribution in [-0.4, -0.2) is 11.4 Å². The van der Waals surface area contributed by atoms with Gasteiger partial charge in [0.2, 0.25) is 0 Å². The molecule has 0 saturated heterocycles. The number of carbonyl (C=O) groups is 1. The number of benzene rings is 1. The third kappa shape index (κ3) is 1.30. The van der Waals surface area contributed by atoms with Crippen LogP contribution >= 0.6 is 0 Å². The maximum Gasteiger partial charge on any atom is 0.347 e. The highest BCUT2D eigenvalue weighted by atomic mass is 16.4. The third-order valence-electron chi connectivity index (χ3n) is 2.28. The fourth-order valence-electron chi connectivity index (χ4n) is 1.56. The molecule has 2 aromatic rings. The number of aldehydes is 1. The predicted molar refractivity (Wildman–Crippen MR) is 54.3 cm³/mol. The van der Waals surface area contributed by atoms with E-state index in [0.717, 1.165) is 0 Å². The number of hydrogen-bond acceptors (Lipinski definition) is 4. The molecule has 1 aromatic heterocycles. The highest BCUT2D eigenvalue weighted by Crippen LogP contribution is 2.24. The molecule has 0 amide bonds. The van der Waals surface area contributed by atoms with Gasteiger partial charge in [0.1, 0.15) is 16.9 Å². The Bertz CT molecular complexity index is 595. The Kier molecular flexibility index (Phi) is 2.04. The largest absolute Gasteiger partial charge is 0.507 e. The molecule has 0 aliphatic rings. The molecule has 0 radical (unpaired) electrons. The van der Waals surface area contributed by atoms with Crippen molar-refractivity contribution >= 4 is 17.1 Å². The number of phenolic OH excluding ortho intramolecular Hbond substituents is 1. The molecule has 4 heteroatoms. The van der Waals surface area contributed by atoms with E-state index in [1.165, 1.54) is 13.0 Å². The average Bonchev–Trinajstić information content (AvgIpc) is 2.17. The van der Waals surface area contributed by atoms with Gasteiger partial charge < -0.3 is 9.52 Å². The molecule has 76 valence electrons. The summed E-state index contributed by atoms with van der Waals surface area (Å²) in [5, 5.41) is 9.95. The molecule has 0 fully saturated rings. The first-order valence-corrected chi connectivity index (χ1v) is 4.35. The van der Waals surface area contributed by atoms with Gasteiger partial charge in [-0.2, -0.15) is 0 Å². The third-order valence-corrected chi connectivity index (χ3v) is 2.28. The van der Waals surface area contributed by atoms with Crippen LogP contribution in [0.15, 0.2) is 27.4 Å². The quantitative estimate of drug-likeness (QED) is 0.716. The van der Waals surface area contributed by atoms with Crippen molar-refractivity contribution in [3.05, 3.63) is 39.9 Å². The van der Waals surface area contributed by atoms with Crippen molar-refractivity contribution in [2.24, 2.45) is 0 Å². The van der Waals surface area contributed by atoms with E-state index in [0.29, 0.717) is 17.2 Å². The molecule has 0 saturated carbocycles. The summed E-state index contributed by atoms with van der Waals surface area (Å²) in [5.41, 5.74) is -0.341. The fraction of sp³-hybridized carbons (Fsp3) is 0.0909. The normalized spacial score (nSPS) is 10.5. The molecule has 0 atom stereocenters. The van der Waals surface area contributed by atoms with Gasteiger partial charge in [-0.15, -0.1) is 0 Å². The van der Waals surface area contributed by atoms with Crippen LogP contribution in [0.2, 0.25) is 0 Å². The van der Waals surface area contributed by atoms with E-state index in [9.17, 15) is 14.7 Å². The molecule has 1 N–H and O–H groups in total. The zero-order chi connectivity index (χ0) is 11.0. The zero-order valence-corrected chi connectivity index (χ0v) is 7.98. The molecule has 15 heavy (non-hydrogen) atoms. The Morgan fingerprint density at radius 3 is 2.80 bits per heavy atom. The van der Waals surface area contributed by atoms with Crippen LogP contribution in [0.3, 0.4) is 0 Å². The average molecular weight is 204 g/mol. The van der Waals surface area contributed by atoms with Gasteiger partial charge in [-0.3, -0.25) is 4.79 Å². The fourth-order valence-corrected chi connectivity index (χ4v) is 1.56. The molecule has 4 nitrogen and oxygen atoms in total. The molecular formula is C11H8O4. The lowest BCUT2D eigenvalue weighted by Crippen LogP contribution is -2.04. The van der Waals surface area contributed by atoms with Gasteiger partial charge in [0.15, 0.2) is 6.29 Å².